The van der Waals surface area contributed by atoms with E-state index in [-0.39, 0.29) is 5.91 Å². The lowest BCUT2D eigenvalue weighted by Crippen LogP contribution is -2.48. The van der Waals surface area contributed by atoms with E-state index in [9.17, 15) is 4.79 Å². The van der Waals surface area contributed by atoms with Crippen molar-refractivity contribution >= 4 is 44.5 Å². The fourth-order valence-corrected chi connectivity index (χ4v) is 4.03. The Bertz CT molecular complexity index is 1110. The van der Waals surface area contributed by atoms with Gasteiger partial charge in [-0.15, -0.1) is 0 Å². The molecule has 0 unspecified atom stereocenters. The Balaban J connectivity index is 0.000000427. The number of amides is 1. The molecular formula is C24H23BrN2O5. The maximum absolute atomic E-state index is 13.0. The van der Waals surface area contributed by atoms with E-state index in [0.717, 1.165) is 53.5 Å². The standard InChI is InChI=1S/C22H21BrN2O.C2H2O4/c23-19-8-3-5-17(15-19)16-24-11-13-25(14-12-24)22(26)21-10-4-7-18-6-1-2-9-20(18)21;3-1(4)2(5)6/h1-10,15H,11-14,16H2;(H,3,4)(H,5,6). The van der Waals surface area contributed by atoms with E-state index < -0.39 is 11.9 Å². The second kappa shape index (κ2) is 10.9. The van der Waals surface area contributed by atoms with Crippen molar-refractivity contribution in [2.45, 2.75) is 6.54 Å². The Labute approximate surface area is 194 Å². The molecule has 1 amide bonds. The van der Waals surface area contributed by atoms with Gasteiger partial charge in [-0.1, -0.05) is 64.5 Å². The van der Waals surface area contributed by atoms with Crippen molar-refractivity contribution in [3.8, 4) is 0 Å². The second-order valence-corrected chi connectivity index (χ2v) is 8.25. The first-order valence-corrected chi connectivity index (χ1v) is 10.8. The van der Waals surface area contributed by atoms with Crippen molar-refractivity contribution in [1.82, 2.24) is 9.80 Å². The molecule has 32 heavy (non-hydrogen) atoms. The van der Waals surface area contributed by atoms with Crippen LogP contribution in [-0.4, -0.2) is 64.0 Å². The smallest absolute Gasteiger partial charge is 0.414 e. The number of carbonyl (C=O) groups is 3. The summed E-state index contributed by atoms with van der Waals surface area (Å²) in [4.78, 5) is 35.6. The summed E-state index contributed by atoms with van der Waals surface area (Å²) < 4.78 is 1.11. The molecule has 8 heteroatoms. The number of benzene rings is 3. The number of carboxylic acids is 2. The van der Waals surface area contributed by atoms with Crippen LogP contribution in [0.15, 0.2) is 71.2 Å². The second-order valence-electron chi connectivity index (χ2n) is 7.34. The first-order chi connectivity index (χ1) is 15.3. The number of aliphatic carboxylic acids is 2. The summed E-state index contributed by atoms with van der Waals surface area (Å²) >= 11 is 3.53. The molecule has 1 aliphatic rings. The van der Waals surface area contributed by atoms with Gasteiger partial charge in [0.2, 0.25) is 0 Å². The number of nitrogens with zero attached hydrogens (tertiary/aromatic N) is 2. The van der Waals surface area contributed by atoms with Gasteiger partial charge < -0.3 is 15.1 Å². The summed E-state index contributed by atoms with van der Waals surface area (Å²) in [6.45, 7) is 4.29. The molecule has 0 aliphatic carbocycles. The van der Waals surface area contributed by atoms with Crippen molar-refractivity contribution in [3.63, 3.8) is 0 Å². The lowest BCUT2D eigenvalue weighted by Gasteiger charge is -2.35. The van der Waals surface area contributed by atoms with Gasteiger partial charge in [0.25, 0.3) is 5.91 Å². The zero-order valence-corrected chi connectivity index (χ0v) is 18.9. The van der Waals surface area contributed by atoms with E-state index in [4.69, 9.17) is 19.8 Å². The Morgan fingerprint density at radius 2 is 1.44 bits per heavy atom. The first-order valence-electron chi connectivity index (χ1n) is 10.0. The van der Waals surface area contributed by atoms with Gasteiger partial charge in [-0.3, -0.25) is 9.69 Å². The minimum Gasteiger partial charge on any atom is -0.473 e. The van der Waals surface area contributed by atoms with Crippen LogP contribution in [0.2, 0.25) is 0 Å². The average Bonchev–Trinajstić information content (AvgIpc) is 2.79. The van der Waals surface area contributed by atoms with E-state index in [2.05, 4.69) is 51.2 Å². The number of piperazine rings is 1. The zero-order valence-electron chi connectivity index (χ0n) is 17.3. The topological polar surface area (TPSA) is 98.1 Å². The van der Waals surface area contributed by atoms with Crippen molar-refractivity contribution in [2.24, 2.45) is 0 Å². The van der Waals surface area contributed by atoms with Crippen LogP contribution < -0.4 is 0 Å². The minimum atomic E-state index is -1.82. The molecule has 1 fully saturated rings. The normalized spacial score (nSPS) is 13.8. The molecule has 0 atom stereocenters. The van der Waals surface area contributed by atoms with E-state index in [0.29, 0.717) is 0 Å². The summed E-state index contributed by atoms with van der Waals surface area (Å²) in [5, 5.41) is 16.9. The largest absolute Gasteiger partial charge is 0.473 e. The third-order valence-electron chi connectivity index (χ3n) is 5.16. The molecule has 0 spiro atoms. The summed E-state index contributed by atoms with van der Waals surface area (Å²) in [6, 6.07) is 22.5. The van der Waals surface area contributed by atoms with E-state index in [1.54, 1.807) is 0 Å². The highest BCUT2D eigenvalue weighted by Crippen LogP contribution is 2.21. The van der Waals surface area contributed by atoms with Gasteiger partial charge in [0.05, 0.1) is 0 Å². The van der Waals surface area contributed by atoms with Crippen LogP contribution in [-0.2, 0) is 16.1 Å². The first kappa shape index (κ1) is 23.4. The van der Waals surface area contributed by atoms with Gasteiger partial charge in [0.15, 0.2) is 0 Å². The highest BCUT2D eigenvalue weighted by Gasteiger charge is 2.23. The molecule has 0 radical (unpaired) electrons. The number of carboxylic acid groups (broad SMARTS) is 2. The fraction of sp³-hybridized carbons (Fsp3) is 0.208. The van der Waals surface area contributed by atoms with Gasteiger partial charge in [-0.25, -0.2) is 9.59 Å². The predicted octanol–water partition coefficient (Wildman–Crippen LogP) is 3.72. The number of carbonyl (C=O) groups excluding carboxylic acids is 1. The molecule has 1 saturated heterocycles. The van der Waals surface area contributed by atoms with Gasteiger partial charge in [-0.05, 0) is 34.5 Å². The molecule has 2 N–H and O–H groups in total. The molecular weight excluding hydrogens is 476 g/mol. The van der Waals surface area contributed by atoms with Crippen molar-refractivity contribution in [3.05, 3.63) is 82.3 Å². The molecule has 0 aromatic heterocycles. The van der Waals surface area contributed by atoms with Gasteiger partial charge in [0, 0.05) is 42.8 Å². The summed E-state index contributed by atoms with van der Waals surface area (Å²) in [5.41, 5.74) is 2.11. The van der Waals surface area contributed by atoms with Crippen LogP contribution in [0.1, 0.15) is 15.9 Å². The summed E-state index contributed by atoms with van der Waals surface area (Å²) in [7, 11) is 0. The molecule has 166 valence electrons. The predicted molar refractivity (Wildman–Crippen MR) is 125 cm³/mol. The molecule has 0 saturated carbocycles. The lowest BCUT2D eigenvalue weighted by molar-refractivity contribution is -0.159. The number of fused-ring (bicyclic) bond motifs is 1. The van der Waals surface area contributed by atoms with Crippen LogP contribution in [0, 0.1) is 0 Å². The van der Waals surface area contributed by atoms with Crippen molar-refractivity contribution < 1.29 is 24.6 Å². The van der Waals surface area contributed by atoms with Gasteiger partial charge in [0.1, 0.15) is 0 Å². The number of halogens is 1. The Morgan fingerprint density at radius 3 is 2.09 bits per heavy atom. The zero-order chi connectivity index (χ0) is 23.1. The van der Waals surface area contributed by atoms with Gasteiger partial charge in [-0.2, -0.15) is 0 Å². The van der Waals surface area contributed by atoms with E-state index in [1.165, 1.54) is 5.56 Å². The van der Waals surface area contributed by atoms with Crippen LogP contribution in [0.4, 0.5) is 0 Å². The third-order valence-corrected chi connectivity index (χ3v) is 5.65. The van der Waals surface area contributed by atoms with Crippen molar-refractivity contribution in [2.75, 3.05) is 26.2 Å². The number of hydrogen-bond donors (Lipinski definition) is 2. The molecule has 1 aliphatic heterocycles. The highest BCUT2D eigenvalue weighted by atomic mass is 79.9. The van der Waals surface area contributed by atoms with Gasteiger partial charge >= 0.3 is 11.9 Å². The van der Waals surface area contributed by atoms with Crippen LogP contribution in [0.5, 0.6) is 0 Å². The molecule has 3 aromatic rings. The number of hydrogen-bond acceptors (Lipinski definition) is 4. The SMILES string of the molecule is O=C(O)C(=O)O.O=C(c1cccc2ccccc12)N1CCN(Cc2cccc(Br)c2)CC1. The Kier molecular flexibility index (Phi) is 7.97. The van der Waals surface area contributed by atoms with E-state index >= 15 is 0 Å². The molecule has 0 bridgehead atoms. The Hall–Kier alpha value is -3.23. The minimum absolute atomic E-state index is 0.143. The Morgan fingerprint density at radius 1 is 0.812 bits per heavy atom. The summed E-state index contributed by atoms with van der Waals surface area (Å²) in [6.07, 6.45) is 0. The molecule has 4 rings (SSSR count). The fourth-order valence-electron chi connectivity index (χ4n) is 3.58. The molecule has 7 nitrogen and oxygen atoms in total. The van der Waals surface area contributed by atoms with Crippen molar-refractivity contribution in [1.29, 1.82) is 0 Å². The maximum Gasteiger partial charge on any atom is 0.414 e. The highest BCUT2D eigenvalue weighted by molar-refractivity contribution is 9.10. The van der Waals surface area contributed by atoms with E-state index in [1.807, 2.05) is 41.3 Å². The van der Waals surface area contributed by atoms with Crippen LogP contribution >= 0.6 is 15.9 Å². The quantitative estimate of drug-likeness (QED) is 0.534. The molecule has 1 heterocycles. The average molecular weight is 499 g/mol. The molecule has 3 aromatic carbocycles. The lowest BCUT2D eigenvalue weighted by atomic mass is 10.0. The number of rotatable bonds is 3. The van der Waals surface area contributed by atoms with Crippen LogP contribution in [0.25, 0.3) is 10.8 Å². The van der Waals surface area contributed by atoms with Crippen LogP contribution in [0.3, 0.4) is 0 Å². The summed E-state index contributed by atoms with van der Waals surface area (Å²) in [5.74, 6) is -3.51. The maximum atomic E-state index is 13.0. The third kappa shape index (κ3) is 6.15. The monoisotopic (exact) mass is 498 g/mol.